The molecule has 0 bridgehead atoms. The van der Waals surface area contributed by atoms with Crippen LogP contribution < -0.4 is 10.2 Å². The number of benzene rings is 2. The summed E-state index contributed by atoms with van der Waals surface area (Å²) < 4.78 is 0. The average molecular weight is 319 g/mol. The van der Waals surface area contributed by atoms with E-state index in [0.717, 1.165) is 28.5 Å². The molecule has 4 heteroatoms. The van der Waals surface area contributed by atoms with E-state index in [4.69, 9.17) is 23.8 Å². The maximum Gasteiger partial charge on any atom is 0.177 e. The van der Waals surface area contributed by atoms with Crippen LogP contribution in [-0.4, -0.2) is 11.7 Å². The standard InChI is InChI=1S/C17H19ClN2S/c1-4-20(16-8-6-5-7-13(16)3)17(21)19-14-10-9-12(2)15(18)11-14/h5-11H,4H2,1-3H3,(H,19,21). The fourth-order valence-electron chi connectivity index (χ4n) is 2.15. The van der Waals surface area contributed by atoms with Crippen LogP contribution in [0.2, 0.25) is 5.02 Å². The molecule has 0 spiro atoms. The molecular weight excluding hydrogens is 300 g/mol. The largest absolute Gasteiger partial charge is 0.332 e. The van der Waals surface area contributed by atoms with Crippen molar-refractivity contribution in [2.45, 2.75) is 20.8 Å². The first-order chi connectivity index (χ1) is 10.0. The molecule has 0 unspecified atom stereocenters. The van der Waals surface area contributed by atoms with Crippen molar-refractivity contribution in [3.8, 4) is 0 Å². The topological polar surface area (TPSA) is 15.3 Å². The van der Waals surface area contributed by atoms with E-state index in [2.05, 4.69) is 36.2 Å². The predicted molar refractivity (Wildman–Crippen MR) is 96.6 cm³/mol. The van der Waals surface area contributed by atoms with Gasteiger partial charge in [0.2, 0.25) is 0 Å². The zero-order chi connectivity index (χ0) is 15.4. The molecule has 0 saturated heterocycles. The number of hydrogen-bond acceptors (Lipinski definition) is 1. The summed E-state index contributed by atoms with van der Waals surface area (Å²) in [7, 11) is 0. The summed E-state index contributed by atoms with van der Waals surface area (Å²) in [6.45, 7) is 6.96. The molecule has 0 aromatic heterocycles. The molecule has 21 heavy (non-hydrogen) atoms. The number of thiocarbonyl (C=S) groups is 1. The third-order valence-electron chi connectivity index (χ3n) is 3.39. The first-order valence-corrected chi connectivity index (χ1v) is 7.72. The molecule has 110 valence electrons. The highest BCUT2D eigenvalue weighted by molar-refractivity contribution is 7.80. The van der Waals surface area contributed by atoms with E-state index in [-0.39, 0.29) is 0 Å². The normalized spacial score (nSPS) is 10.3. The first kappa shape index (κ1) is 15.8. The molecule has 0 saturated carbocycles. The smallest absolute Gasteiger partial charge is 0.177 e. The predicted octanol–water partition coefficient (Wildman–Crippen LogP) is 5.18. The van der Waals surface area contributed by atoms with Crippen LogP contribution in [0, 0.1) is 13.8 Å². The van der Waals surface area contributed by atoms with Crippen molar-refractivity contribution >= 4 is 40.3 Å². The van der Waals surface area contributed by atoms with Gasteiger partial charge in [-0.2, -0.15) is 0 Å². The van der Waals surface area contributed by atoms with E-state index < -0.39 is 0 Å². The molecule has 0 fully saturated rings. The van der Waals surface area contributed by atoms with Crippen molar-refractivity contribution in [3.05, 3.63) is 58.6 Å². The van der Waals surface area contributed by atoms with Crippen molar-refractivity contribution < 1.29 is 0 Å². The maximum atomic E-state index is 6.16. The first-order valence-electron chi connectivity index (χ1n) is 6.93. The number of rotatable bonds is 3. The molecule has 0 aliphatic heterocycles. The lowest BCUT2D eigenvalue weighted by atomic mass is 10.2. The summed E-state index contributed by atoms with van der Waals surface area (Å²) in [6.07, 6.45) is 0. The lowest BCUT2D eigenvalue weighted by molar-refractivity contribution is 1.06. The van der Waals surface area contributed by atoms with Crippen LogP contribution in [0.4, 0.5) is 11.4 Å². The van der Waals surface area contributed by atoms with Gasteiger partial charge in [0.25, 0.3) is 0 Å². The maximum absolute atomic E-state index is 6.16. The molecular formula is C17H19ClN2S. The van der Waals surface area contributed by atoms with Gasteiger partial charge in [-0.3, -0.25) is 0 Å². The van der Waals surface area contributed by atoms with Crippen LogP contribution in [0.15, 0.2) is 42.5 Å². The third-order valence-corrected chi connectivity index (χ3v) is 4.12. The van der Waals surface area contributed by atoms with Gasteiger partial charge in [-0.25, -0.2) is 0 Å². The Morgan fingerprint density at radius 2 is 1.86 bits per heavy atom. The van der Waals surface area contributed by atoms with Crippen molar-refractivity contribution in [1.82, 2.24) is 0 Å². The Hall–Kier alpha value is -1.58. The number of aryl methyl sites for hydroxylation is 2. The van der Waals surface area contributed by atoms with E-state index in [1.54, 1.807) is 0 Å². The van der Waals surface area contributed by atoms with E-state index in [1.165, 1.54) is 5.56 Å². The zero-order valence-corrected chi connectivity index (χ0v) is 14.1. The number of para-hydroxylation sites is 1. The molecule has 0 aliphatic rings. The number of nitrogens with one attached hydrogen (secondary N) is 1. The fraction of sp³-hybridized carbons (Fsp3) is 0.235. The average Bonchev–Trinajstić information content (AvgIpc) is 2.46. The van der Waals surface area contributed by atoms with Gasteiger partial charge >= 0.3 is 0 Å². The van der Waals surface area contributed by atoms with Crippen molar-refractivity contribution in [3.63, 3.8) is 0 Å². The molecule has 2 aromatic carbocycles. The number of hydrogen-bond donors (Lipinski definition) is 1. The van der Waals surface area contributed by atoms with Gasteiger partial charge in [0.05, 0.1) is 0 Å². The summed E-state index contributed by atoms with van der Waals surface area (Å²) in [4.78, 5) is 2.08. The molecule has 2 nitrogen and oxygen atoms in total. The van der Waals surface area contributed by atoms with Gasteiger partial charge in [-0.1, -0.05) is 35.9 Å². The molecule has 0 aliphatic carbocycles. The SMILES string of the molecule is CCN(C(=S)Nc1ccc(C)c(Cl)c1)c1ccccc1C. The summed E-state index contributed by atoms with van der Waals surface area (Å²) in [5, 5.41) is 4.67. The Bertz CT molecular complexity index is 655. The summed E-state index contributed by atoms with van der Waals surface area (Å²) in [5.41, 5.74) is 4.28. The van der Waals surface area contributed by atoms with Crippen molar-refractivity contribution in [2.75, 3.05) is 16.8 Å². The Kier molecular flexibility index (Phi) is 5.21. The molecule has 2 aromatic rings. The van der Waals surface area contributed by atoms with Gasteiger partial charge < -0.3 is 10.2 Å². The molecule has 2 rings (SSSR count). The van der Waals surface area contributed by atoms with Gasteiger partial charge in [0.15, 0.2) is 5.11 Å². The molecule has 0 heterocycles. The van der Waals surface area contributed by atoms with Crippen LogP contribution in [-0.2, 0) is 0 Å². The second-order valence-electron chi connectivity index (χ2n) is 4.92. The van der Waals surface area contributed by atoms with Crippen LogP contribution in [0.3, 0.4) is 0 Å². The Labute approximate surface area is 136 Å². The van der Waals surface area contributed by atoms with E-state index in [0.29, 0.717) is 5.11 Å². The molecule has 1 N–H and O–H groups in total. The summed E-state index contributed by atoms with van der Waals surface area (Å²) in [5.74, 6) is 0. The third kappa shape index (κ3) is 3.74. The minimum Gasteiger partial charge on any atom is -0.332 e. The Balaban J connectivity index is 2.21. The number of anilines is 2. The highest BCUT2D eigenvalue weighted by Gasteiger charge is 2.12. The monoisotopic (exact) mass is 318 g/mol. The van der Waals surface area contributed by atoms with Crippen LogP contribution >= 0.6 is 23.8 Å². The van der Waals surface area contributed by atoms with Gasteiger partial charge in [-0.05, 0) is 62.3 Å². The quantitative estimate of drug-likeness (QED) is 0.785. The fourth-order valence-corrected chi connectivity index (χ4v) is 2.68. The lowest BCUT2D eigenvalue weighted by Crippen LogP contribution is -2.35. The second kappa shape index (κ2) is 6.92. The highest BCUT2D eigenvalue weighted by Crippen LogP contribution is 2.23. The van der Waals surface area contributed by atoms with Crippen molar-refractivity contribution in [1.29, 1.82) is 0 Å². The number of nitrogens with zero attached hydrogens (tertiary/aromatic N) is 1. The van der Waals surface area contributed by atoms with Gasteiger partial charge in [0.1, 0.15) is 0 Å². The highest BCUT2D eigenvalue weighted by atomic mass is 35.5. The molecule has 0 amide bonds. The Morgan fingerprint density at radius 3 is 2.48 bits per heavy atom. The van der Waals surface area contributed by atoms with E-state index >= 15 is 0 Å². The minimum absolute atomic E-state index is 0.673. The van der Waals surface area contributed by atoms with Crippen molar-refractivity contribution in [2.24, 2.45) is 0 Å². The Morgan fingerprint density at radius 1 is 1.14 bits per heavy atom. The lowest BCUT2D eigenvalue weighted by Gasteiger charge is -2.26. The zero-order valence-electron chi connectivity index (χ0n) is 12.5. The van der Waals surface area contributed by atoms with Crippen LogP contribution in [0.25, 0.3) is 0 Å². The molecule has 0 radical (unpaired) electrons. The minimum atomic E-state index is 0.673. The van der Waals surface area contributed by atoms with Gasteiger partial charge in [-0.15, -0.1) is 0 Å². The molecule has 0 atom stereocenters. The van der Waals surface area contributed by atoms with Crippen LogP contribution in [0.5, 0.6) is 0 Å². The van der Waals surface area contributed by atoms with Crippen LogP contribution in [0.1, 0.15) is 18.1 Å². The van der Waals surface area contributed by atoms with E-state index in [1.807, 2.05) is 37.3 Å². The second-order valence-corrected chi connectivity index (χ2v) is 5.72. The summed E-state index contributed by atoms with van der Waals surface area (Å²) >= 11 is 11.7. The number of halogens is 1. The van der Waals surface area contributed by atoms with E-state index in [9.17, 15) is 0 Å². The van der Waals surface area contributed by atoms with Gasteiger partial charge in [0, 0.05) is 22.9 Å². The summed E-state index contributed by atoms with van der Waals surface area (Å²) in [6, 6.07) is 14.1.